The number of nitrogens with one attached hydrogen (secondary N) is 1. The molecule has 1 saturated carbocycles. The van der Waals surface area contributed by atoms with E-state index in [1.807, 2.05) is 6.07 Å². The Kier molecular flexibility index (Phi) is 3.98. The molecule has 4 heteroatoms. The van der Waals surface area contributed by atoms with Gasteiger partial charge < -0.3 is 19.9 Å². The fraction of sp³-hybridized carbons (Fsp3) is 0.684. The first-order valence-electron chi connectivity index (χ1n) is 8.96. The van der Waals surface area contributed by atoms with Gasteiger partial charge in [0.25, 0.3) is 0 Å². The Morgan fingerprint density at radius 3 is 3.04 bits per heavy atom. The fourth-order valence-corrected chi connectivity index (χ4v) is 5.30. The number of piperidine rings is 1. The van der Waals surface area contributed by atoms with Gasteiger partial charge in [0.05, 0.1) is 6.61 Å². The van der Waals surface area contributed by atoms with E-state index < -0.39 is 0 Å². The first kappa shape index (κ1) is 15.3. The van der Waals surface area contributed by atoms with Crippen LogP contribution in [0.25, 0.3) is 0 Å². The molecule has 126 valence electrons. The van der Waals surface area contributed by atoms with E-state index in [0.29, 0.717) is 25.0 Å². The summed E-state index contributed by atoms with van der Waals surface area (Å²) in [6.07, 6.45) is 7.52. The molecule has 2 bridgehead atoms. The lowest BCUT2D eigenvalue weighted by molar-refractivity contribution is 0.0791. The van der Waals surface area contributed by atoms with Crippen molar-refractivity contribution in [1.82, 2.24) is 5.32 Å². The van der Waals surface area contributed by atoms with E-state index in [-0.39, 0.29) is 11.2 Å². The number of fused-ring (bicyclic) bond motifs is 1. The van der Waals surface area contributed by atoms with Crippen LogP contribution >= 0.6 is 0 Å². The minimum Gasteiger partial charge on any atom is -0.504 e. The van der Waals surface area contributed by atoms with Gasteiger partial charge >= 0.3 is 0 Å². The molecule has 0 amide bonds. The second kappa shape index (κ2) is 5.99. The summed E-state index contributed by atoms with van der Waals surface area (Å²) in [5.74, 6) is 1.62. The molecule has 1 unspecified atom stereocenters. The summed E-state index contributed by atoms with van der Waals surface area (Å²) in [5.41, 5.74) is 3.05. The van der Waals surface area contributed by atoms with Gasteiger partial charge in [-0.05, 0) is 61.4 Å². The second-order valence-corrected chi connectivity index (χ2v) is 7.34. The average molecular weight is 317 g/mol. The number of hydrogen-bond donors (Lipinski definition) is 2. The zero-order valence-corrected chi connectivity index (χ0v) is 13.9. The topological polar surface area (TPSA) is 50.7 Å². The number of hydrogen-bond acceptors (Lipinski definition) is 4. The van der Waals surface area contributed by atoms with Crippen molar-refractivity contribution < 1.29 is 14.6 Å². The van der Waals surface area contributed by atoms with E-state index >= 15 is 0 Å². The number of rotatable bonds is 4. The first-order valence-corrected chi connectivity index (χ1v) is 8.96. The van der Waals surface area contributed by atoms with Crippen LogP contribution in [0, 0.1) is 5.92 Å². The molecule has 23 heavy (non-hydrogen) atoms. The first-order chi connectivity index (χ1) is 11.2. The molecule has 1 aromatic rings. The number of benzene rings is 1. The van der Waals surface area contributed by atoms with Gasteiger partial charge in [0.2, 0.25) is 0 Å². The number of aromatic hydroxyl groups is 1. The lowest BCUT2D eigenvalue weighted by atomic mass is 9.53. The maximum Gasteiger partial charge on any atom is 0.161 e. The third kappa shape index (κ3) is 2.43. The van der Waals surface area contributed by atoms with Crippen LogP contribution in [0.15, 0.2) is 12.1 Å². The molecule has 1 aromatic carbocycles. The Balaban J connectivity index is 1.71. The van der Waals surface area contributed by atoms with Crippen molar-refractivity contribution in [3.05, 3.63) is 23.3 Å². The van der Waals surface area contributed by atoms with Crippen molar-refractivity contribution >= 4 is 0 Å². The molecular weight excluding hydrogens is 290 g/mol. The number of ether oxygens (including phenoxy) is 2. The lowest BCUT2D eigenvalue weighted by Gasteiger charge is -2.56. The molecule has 3 aliphatic rings. The second-order valence-electron chi connectivity index (χ2n) is 7.34. The largest absolute Gasteiger partial charge is 0.504 e. The van der Waals surface area contributed by atoms with Gasteiger partial charge in [-0.3, -0.25) is 0 Å². The van der Waals surface area contributed by atoms with Gasteiger partial charge in [-0.15, -0.1) is 0 Å². The van der Waals surface area contributed by atoms with Crippen molar-refractivity contribution in [2.24, 2.45) is 5.92 Å². The molecule has 4 rings (SSSR count). The van der Waals surface area contributed by atoms with Gasteiger partial charge in [-0.25, -0.2) is 0 Å². The molecule has 0 aromatic heterocycles. The molecule has 2 aliphatic carbocycles. The van der Waals surface area contributed by atoms with Crippen LogP contribution in [0.4, 0.5) is 0 Å². The summed E-state index contributed by atoms with van der Waals surface area (Å²) in [6, 6.07) is 4.68. The standard InChI is InChI=1S/C19H27NO3/c1-22-8-9-23-18-11-13-10-16-14-4-2-3-5-19(14,6-7-20-16)15(13)12-17(18)21/h11-12,14,16,20-21H,2-10H2,1H3/t14?,16-,19-/m1/s1. The molecule has 1 heterocycles. The van der Waals surface area contributed by atoms with E-state index in [4.69, 9.17) is 9.47 Å². The monoisotopic (exact) mass is 317 g/mol. The minimum absolute atomic E-state index is 0.282. The molecule has 0 radical (unpaired) electrons. The van der Waals surface area contributed by atoms with Gasteiger partial charge in [0, 0.05) is 18.6 Å². The van der Waals surface area contributed by atoms with Crippen molar-refractivity contribution in [2.75, 3.05) is 26.9 Å². The normalized spacial score (nSPS) is 32.0. The molecular formula is C19H27NO3. The zero-order valence-electron chi connectivity index (χ0n) is 13.9. The highest BCUT2D eigenvalue weighted by Crippen LogP contribution is 2.55. The fourth-order valence-electron chi connectivity index (χ4n) is 5.30. The smallest absolute Gasteiger partial charge is 0.161 e. The van der Waals surface area contributed by atoms with Gasteiger partial charge in [0.1, 0.15) is 6.61 Å². The molecule has 0 spiro atoms. The summed E-state index contributed by atoms with van der Waals surface area (Å²) < 4.78 is 10.7. The lowest BCUT2D eigenvalue weighted by Crippen LogP contribution is -2.59. The molecule has 4 nitrogen and oxygen atoms in total. The third-order valence-corrected chi connectivity index (χ3v) is 6.27. The SMILES string of the molecule is COCCOc1cc2c(cc1O)[C@@]13CCCCC1[C@@H](C2)NCC3. The van der Waals surface area contributed by atoms with Crippen LogP contribution in [0.5, 0.6) is 11.5 Å². The van der Waals surface area contributed by atoms with E-state index in [1.165, 1.54) is 43.2 Å². The number of phenols is 1. The molecule has 1 saturated heterocycles. The summed E-state index contributed by atoms with van der Waals surface area (Å²) >= 11 is 0. The molecule has 3 atom stereocenters. The third-order valence-electron chi connectivity index (χ3n) is 6.27. The zero-order chi connectivity index (χ0) is 15.9. The van der Waals surface area contributed by atoms with E-state index in [0.717, 1.165) is 18.9 Å². The van der Waals surface area contributed by atoms with E-state index in [2.05, 4.69) is 11.4 Å². The maximum atomic E-state index is 10.5. The van der Waals surface area contributed by atoms with Gasteiger partial charge in [-0.1, -0.05) is 12.8 Å². The highest BCUT2D eigenvalue weighted by molar-refractivity contribution is 5.52. The van der Waals surface area contributed by atoms with Crippen LogP contribution in [-0.2, 0) is 16.6 Å². The predicted molar refractivity (Wildman–Crippen MR) is 89.2 cm³/mol. The average Bonchev–Trinajstić information content (AvgIpc) is 2.56. The molecule has 1 aliphatic heterocycles. The van der Waals surface area contributed by atoms with E-state index in [1.54, 1.807) is 7.11 Å². The summed E-state index contributed by atoms with van der Waals surface area (Å²) in [7, 11) is 1.66. The highest BCUT2D eigenvalue weighted by Gasteiger charge is 2.51. The molecule has 2 fully saturated rings. The maximum absolute atomic E-state index is 10.5. The van der Waals surface area contributed by atoms with Crippen LogP contribution in [0.1, 0.15) is 43.2 Å². The molecule has 2 N–H and O–H groups in total. The van der Waals surface area contributed by atoms with E-state index in [9.17, 15) is 5.11 Å². The Morgan fingerprint density at radius 2 is 2.17 bits per heavy atom. The van der Waals surface area contributed by atoms with Crippen LogP contribution in [0.2, 0.25) is 0 Å². The van der Waals surface area contributed by atoms with Crippen molar-refractivity contribution in [3.63, 3.8) is 0 Å². The summed E-state index contributed by atoms with van der Waals surface area (Å²) in [6.45, 7) is 2.11. The van der Waals surface area contributed by atoms with Gasteiger partial charge in [-0.2, -0.15) is 0 Å². The quantitative estimate of drug-likeness (QED) is 0.839. The summed E-state index contributed by atoms with van der Waals surface area (Å²) in [4.78, 5) is 0. The Morgan fingerprint density at radius 1 is 1.26 bits per heavy atom. The van der Waals surface area contributed by atoms with Crippen LogP contribution in [0.3, 0.4) is 0 Å². The Hall–Kier alpha value is -1.26. The van der Waals surface area contributed by atoms with Crippen molar-refractivity contribution in [1.29, 1.82) is 0 Å². The Bertz CT molecular complexity index is 584. The van der Waals surface area contributed by atoms with Gasteiger partial charge in [0.15, 0.2) is 11.5 Å². The number of methoxy groups -OCH3 is 1. The van der Waals surface area contributed by atoms with Crippen molar-refractivity contribution in [3.8, 4) is 11.5 Å². The van der Waals surface area contributed by atoms with Crippen molar-refractivity contribution in [2.45, 2.75) is 50.0 Å². The Labute approximate surface area is 138 Å². The predicted octanol–water partition coefficient (Wildman–Crippen LogP) is 2.76. The summed E-state index contributed by atoms with van der Waals surface area (Å²) in [5, 5.41) is 14.2. The minimum atomic E-state index is 0.282. The van der Waals surface area contributed by atoms with Crippen LogP contribution < -0.4 is 10.1 Å². The van der Waals surface area contributed by atoms with Crippen LogP contribution in [-0.4, -0.2) is 38.0 Å². The number of phenolic OH excluding ortho intramolecular Hbond substituents is 1. The highest BCUT2D eigenvalue weighted by atomic mass is 16.5.